The molecule has 9 nitrogen and oxygen atoms in total. The molecule has 0 saturated heterocycles. The summed E-state index contributed by atoms with van der Waals surface area (Å²) in [6.07, 6.45) is 2.01. The molecule has 4 atom stereocenters. The Bertz CT molecular complexity index is 665. The van der Waals surface area contributed by atoms with Crippen LogP contribution in [0, 0.1) is 0 Å². The second kappa shape index (κ2) is 11.4. The van der Waals surface area contributed by atoms with Crippen LogP contribution in [-0.4, -0.2) is 59.8 Å². The van der Waals surface area contributed by atoms with E-state index in [1.165, 1.54) is 20.1 Å². The molecule has 0 bridgehead atoms. The van der Waals surface area contributed by atoms with Crippen molar-refractivity contribution in [1.82, 2.24) is 0 Å². The van der Waals surface area contributed by atoms with Gasteiger partial charge in [0, 0.05) is 6.92 Å². The molecule has 27 heavy (non-hydrogen) atoms. The molecule has 0 saturated carbocycles. The van der Waals surface area contributed by atoms with Crippen LogP contribution in [0.5, 0.6) is 0 Å². The molecule has 0 aliphatic rings. The largest absolute Gasteiger partial charge is 0.615 e. The minimum atomic E-state index is -3.92. The van der Waals surface area contributed by atoms with Gasteiger partial charge in [-0.15, -0.1) is 0 Å². The highest BCUT2D eigenvalue weighted by molar-refractivity contribution is 7.92. The predicted octanol–water partition coefficient (Wildman–Crippen LogP) is 1.40. The summed E-state index contributed by atoms with van der Waals surface area (Å²) in [6.45, 7) is 7.78. The first-order chi connectivity index (χ1) is 12.0. The van der Waals surface area contributed by atoms with Crippen LogP contribution in [0.2, 0.25) is 0 Å². The lowest BCUT2D eigenvalue weighted by Gasteiger charge is -2.20. The van der Waals surface area contributed by atoms with E-state index in [-0.39, 0.29) is 24.3 Å². The molecule has 0 aromatic rings. The molecular weight excluding hydrogens is 440 g/mol. The minimum absolute atomic E-state index is 0.173. The van der Waals surface area contributed by atoms with Gasteiger partial charge in [0.2, 0.25) is 5.44 Å². The van der Waals surface area contributed by atoms with Crippen LogP contribution < -0.4 is 0 Å². The maximum Gasteiger partial charge on any atom is 0.271 e. The molecule has 0 amide bonds. The lowest BCUT2D eigenvalue weighted by molar-refractivity contribution is 0.140. The van der Waals surface area contributed by atoms with E-state index >= 15 is 0 Å². The van der Waals surface area contributed by atoms with Gasteiger partial charge in [0.25, 0.3) is 20.2 Å². The van der Waals surface area contributed by atoms with Gasteiger partial charge < -0.3 is 4.55 Å². The third-order valence-corrected chi connectivity index (χ3v) is 8.24. The fourth-order valence-electron chi connectivity index (χ4n) is 1.65. The maximum atomic E-state index is 11.9. The Kier molecular flexibility index (Phi) is 11.5. The third kappa shape index (κ3) is 14.0. The molecule has 0 rings (SSSR count). The van der Waals surface area contributed by atoms with E-state index < -0.39 is 59.0 Å². The monoisotopic (exact) mass is 470 g/mol. The van der Waals surface area contributed by atoms with Gasteiger partial charge in [0.1, 0.15) is 0 Å². The summed E-state index contributed by atoms with van der Waals surface area (Å²) in [4.78, 5) is 0. The Hall–Kier alpha value is 0.240. The molecule has 0 aromatic heterocycles. The first-order valence-corrected chi connectivity index (χ1v) is 14.2. The Labute approximate surface area is 168 Å². The summed E-state index contributed by atoms with van der Waals surface area (Å²) in [5, 5.41) is 0. The van der Waals surface area contributed by atoms with Gasteiger partial charge in [-0.2, -0.15) is 16.8 Å². The average Bonchev–Trinajstić information content (AvgIpc) is 2.43. The van der Waals surface area contributed by atoms with Crippen molar-refractivity contribution >= 4 is 42.5 Å². The number of rotatable bonds is 13. The van der Waals surface area contributed by atoms with Gasteiger partial charge in [-0.3, -0.25) is 8.37 Å². The van der Waals surface area contributed by atoms with Crippen molar-refractivity contribution in [3.8, 4) is 0 Å². The van der Waals surface area contributed by atoms with E-state index in [0.29, 0.717) is 6.42 Å². The Morgan fingerprint density at radius 3 is 1.81 bits per heavy atom. The van der Waals surface area contributed by atoms with Crippen molar-refractivity contribution < 1.29 is 38.1 Å². The fraction of sp³-hybridized carbons (Fsp3) is 1.00. The smallest absolute Gasteiger partial charge is 0.271 e. The van der Waals surface area contributed by atoms with Crippen LogP contribution in [0.15, 0.2) is 0 Å². The van der Waals surface area contributed by atoms with E-state index in [1.54, 1.807) is 20.8 Å². The zero-order chi connectivity index (χ0) is 21.5. The summed E-state index contributed by atoms with van der Waals surface area (Å²) in [7, 11) is -7.74. The second-order valence-electron chi connectivity index (χ2n) is 6.87. The molecule has 0 spiro atoms. The lowest BCUT2D eigenvalue weighted by Crippen LogP contribution is -2.29. The molecule has 0 aromatic carbocycles. The number of hydrogen-bond donors (Lipinski definition) is 0. The molecule has 0 N–H and O–H groups in total. The van der Waals surface area contributed by atoms with Gasteiger partial charge >= 0.3 is 0 Å². The highest BCUT2D eigenvalue weighted by Crippen LogP contribution is 2.15. The Balaban J connectivity index is 4.28. The second-order valence-corrected chi connectivity index (χ2v) is 13.3. The standard InChI is InChI=1S/C14H30O9S4/c1-12(24(6)15)21-26(17,18)10-8-7-9-11-27(19,20)22-13(2)25(16)23-14(3,4)5/h12-13H,7-11H2,1-6H3. The molecule has 4 unspecified atom stereocenters. The Morgan fingerprint density at radius 1 is 0.963 bits per heavy atom. The third-order valence-electron chi connectivity index (χ3n) is 2.92. The van der Waals surface area contributed by atoms with Crippen LogP contribution in [0.1, 0.15) is 53.9 Å². The van der Waals surface area contributed by atoms with E-state index in [9.17, 15) is 25.6 Å². The van der Waals surface area contributed by atoms with Gasteiger partial charge in [-0.25, -0.2) is 8.39 Å². The molecule has 0 heterocycles. The first kappa shape index (κ1) is 27.2. The van der Waals surface area contributed by atoms with Crippen molar-refractivity contribution in [1.29, 1.82) is 0 Å². The van der Waals surface area contributed by atoms with E-state index in [0.717, 1.165) is 0 Å². The van der Waals surface area contributed by atoms with Gasteiger partial charge in [0.15, 0.2) is 16.5 Å². The van der Waals surface area contributed by atoms with Crippen LogP contribution in [0.3, 0.4) is 0 Å². The van der Waals surface area contributed by atoms with Crippen molar-refractivity contribution in [2.75, 3.05) is 17.8 Å². The van der Waals surface area contributed by atoms with E-state index in [4.69, 9.17) is 12.5 Å². The van der Waals surface area contributed by atoms with Crippen molar-refractivity contribution in [2.45, 2.75) is 70.4 Å². The van der Waals surface area contributed by atoms with Gasteiger partial charge in [0.05, 0.1) is 23.4 Å². The lowest BCUT2D eigenvalue weighted by atomic mass is 10.2. The first-order valence-electron chi connectivity index (χ1n) is 8.29. The fourth-order valence-corrected chi connectivity index (χ4v) is 5.82. The molecule has 164 valence electrons. The van der Waals surface area contributed by atoms with Crippen LogP contribution in [0.25, 0.3) is 0 Å². The minimum Gasteiger partial charge on any atom is -0.615 e. The summed E-state index contributed by atoms with van der Waals surface area (Å²) >= 11 is -3.36. The van der Waals surface area contributed by atoms with E-state index in [2.05, 4.69) is 0 Å². The molecular formula is C14H30O9S4. The number of unbranched alkanes of at least 4 members (excludes halogenated alkanes) is 2. The predicted molar refractivity (Wildman–Crippen MR) is 106 cm³/mol. The van der Waals surface area contributed by atoms with Gasteiger partial charge in [-0.05, 0) is 51.7 Å². The molecule has 0 aliphatic heterocycles. The van der Waals surface area contributed by atoms with Crippen molar-refractivity contribution in [2.24, 2.45) is 0 Å². The maximum absolute atomic E-state index is 11.9. The molecule has 0 fully saturated rings. The van der Waals surface area contributed by atoms with Crippen LogP contribution in [0.4, 0.5) is 0 Å². The Morgan fingerprint density at radius 2 is 1.41 bits per heavy atom. The summed E-state index contributed by atoms with van der Waals surface area (Å²) in [5.41, 5.74) is -2.79. The van der Waals surface area contributed by atoms with Gasteiger partial charge in [-0.1, -0.05) is 6.42 Å². The van der Waals surface area contributed by atoms with Crippen molar-refractivity contribution in [3.05, 3.63) is 0 Å². The molecule has 0 aliphatic carbocycles. The summed E-state index contributed by atoms with van der Waals surface area (Å²) in [6, 6.07) is 0. The quantitative estimate of drug-likeness (QED) is 0.222. The highest BCUT2D eigenvalue weighted by atomic mass is 32.2. The highest BCUT2D eigenvalue weighted by Gasteiger charge is 2.26. The van der Waals surface area contributed by atoms with Crippen molar-refractivity contribution in [3.63, 3.8) is 0 Å². The summed E-state index contributed by atoms with van der Waals surface area (Å²) < 4.78 is 84.9. The zero-order valence-corrected chi connectivity index (χ0v) is 19.8. The average molecular weight is 471 g/mol. The van der Waals surface area contributed by atoms with E-state index in [1.807, 2.05) is 0 Å². The summed E-state index contributed by atoms with van der Waals surface area (Å²) in [5.74, 6) is -0.629. The number of hydrogen-bond acceptors (Lipinski definition) is 9. The van der Waals surface area contributed by atoms with Crippen LogP contribution >= 0.6 is 0 Å². The van der Waals surface area contributed by atoms with Crippen LogP contribution in [-0.2, 0) is 55.0 Å². The normalized spacial score (nSPS) is 18.0. The molecule has 13 heteroatoms. The topological polar surface area (TPSA) is 136 Å². The molecule has 0 radical (unpaired) electrons. The zero-order valence-electron chi connectivity index (χ0n) is 16.5. The SMILES string of the molecule is CC(OS(=O)(=O)CCCCCS(=O)(=O)OC(C)[S+](C)[O-])S(=O)OC(C)(C)C.